The summed E-state index contributed by atoms with van der Waals surface area (Å²) in [4.78, 5) is 12.4. The Morgan fingerprint density at radius 3 is 1.60 bits per heavy atom. The van der Waals surface area contributed by atoms with E-state index in [4.69, 9.17) is 5.73 Å². The van der Waals surface area contributed by atoms with E-state index in [1.165, 1.54) is 64.2 Å². The number of nitrogens with one attached hydrogen (secondary N) is 2. The number of hydrazone groups is 2. The third-order valence-electron chi connectivity index (χ3n) is 4.85. The van der Waals surface area contributed by atoms with Gasteiger partial charge in [0.05, 0.1) is 0 Å². The molecule has 2 aliphatic rings. The minimum atomic E-state index is 0.140. The number of aromatic nitrogens is 3. The van der Waals surface area contributed by atoms with Crippen LogP contribution in [0.5, 0.6) is 0 Å². The van der Waals surface area contributed by atoms with Gasteiger partial charge in [-0.15, -0.1) is 0 Å². The number of anilines is 3. The van der Waals surface area contributed by atoms with Crippen molar-refractivity contribution in [3.63, 3.8) is 0 Å². The Hall–Kier alpha value is -2.25. The maximum Gasteiger partial charge on any atom is 0.250 e. The summed E-state index contributed by atoms with van der Waals surface area (Å²) in [7, 11) is 0. The van der Waals surface area contributed by atoms with Crippen LogP contribution in [0.4, 0.5) is 17.8 Å². The molecule has 0 aliphatic heterocycles. The van der Waals surface area contributed by atoms with E-state index in [0.717, 1.165) is 0 Å². The largest absolute Gasteiger partial charge is 0.368 e. The van der Waals surface area contributed by atoms with Gasteiger partial charge in [0.15, 0.2) is 0 Å². The number of rotatable bonds is 6. The zero-order valence-corrected chi connectivity index (χ0v) is 14.7. The van der Waals surface area contributed by atoms with Crippen molar-refractivity contribution in [2.45, 2.75) is 64.2 Å². The molecule has 0 saturated heterocycles. The van der Waals surface area contributed by atoms with E-state index in [-0.39, 0.29) is 5.95 Å². The van der Waals surface area contributed by atoms with Gasteiger partial charge in [-0.25, -0.2) is 10.9 Å². The summed E-state index contributed by atoms with van der Waals surface area (Å²) in [5, 5.41) is 8.50. The number of hydrogen-bond acceptors (Lipinski definition) is 8. The first kappa shape index (κ1) is 17.6. The lowest BCUT2D eigenvalue weighted by Crippen LogP contribution is -2.11. The summed E-state index contributed by atoms with van der Waals surface area (Å²) in [6, 6.07) is 0. The molecule has 0 unspecified atom stereocenters. The van der Waals surface area contributed by atoms with E-state index < -0.39 is 0 Å². The monoisotopic (exact) mass is 344 g/mol. The van der Waals surface area contributed by atoms with Gasteiger partial charge in [-0.1, -0.05) is 38.5 Å². The standard InChI is InChI=1S/C17H28N8/c18-15-21-16(24-19-11-13-7-3-1-4-8-13)23-17(22-15)25-20-12-14-9-5-2-6-10-14/h11-14H,1-10H2,(H4,18,21,22,23,24,25). The molecule has 0 radical (unpaired) electrons. The highest BCUT2D eigenvalue weighted by atomic mass is 15.4. The van der Waals surface area contributed by atoms with Gasteiger partial charge in [0.1, 0.15) is 0 Å². The summed E-state index contributed by atoms with van der Waals surface area (Å²) >= 11 is 0. The molecule has 0 spiro atoms. The third-order valence-corrected chi connectivity index (χ3v) is 4.85. The molecule has 0 amide bonds. The van der Waals surface area contributed by atoms with Crippen LogP contribution in [-0.2, 0) is 0 Å². The maximum absolute atomic E-state index is 5.74. The van der Waals surface area contributed by atoms with Crippen LogP contribution < -0.4 is 16.6 Å². The molecule has 0 aromatic carbocycles. The van der Waals surface area contributed by atoms with Crippen LogP contribution >= 0.6 is 0 Å². The van der Waals surface area contributed by atoms with Gasteiger partial charge in [0.25, 0.3) is 0 Å². The highest BCUT2D eigenvalue weighted by Gasteiger charge is 2.12. The van der Waals surface area contributed by atoms with Gasteiger partial charge in [-0.2, -0.15) is 25.2 Å². The fourth-order valence-corrected chi connectivity index (χ4v) is 3.46. The van der Waals surface area contributed by atoms with E-state index >= 15 is 0 Å². The Kier molecular flexibility index (Phi) is 6.53. The van der Waals surface area contributed by atoms with E-state index in [2.05, 4.69) is 36.0 Å². The SMILES string of the molecule is Nc1nc(NN=CC2CCCCC2)nc(NN=CC2CCCCC2)n1. The predicted octanol–water partition coefficient (Wildman–Crippen LogP) is 3.41. The van der Waals surface area contributed by atoms with Crippen molar-refractivity contribution in [2.75, 3.05) is 16.6 Å². The first-order valence-electron chi connectivity index (χ1n) is 9.39. The molecule has 2 saturated carbocycles. The van der Waals surface area contributed by atoms with Gasteiger partial charge in [0, 0.05) is 12.4 Å². The molecule has 0 atom stereocenters. The highest BCUT2D eigenvalue weighted by molar-refractivity contribution is 5.62. The number of nitrogens with two attached hydrogens (primary N) is 1. The van der Waals surface area contributed by atoms with Crippen LogP contribution in [0.3, 0.4) is 0 Å². The van der Waals surface area contributed by atoms with Crippen LogP contribution in [0.25, 0.3) is 0 Å². The second-order valence-corrected chi connectivity index (χ2v) is 6.92. The van der Waals surface area contributed by atoms with Crippen LogP contribution in [0.2, 0.25) is 0 Å². The van der Waals surface area contributed by atoms with E-state index in [1.807, 2.05) is 12.4 Å². The van der Waals surface area contributed by atoms with Crippen molar-refractivity contribution in [3.8, 4) is 0 Å². The maximum atomic E-state index is 5.74. The van der Waals surface area contributed by atoms with Crippen molar-refractivity contribution in [1.29, 1.82) is 0 Å². The normalized spacial score (nSPS) is 20.3. The van der Waals surface area contributed by atoms with Crippen molar-refractivity contribution >= 4 is 30.3 Å². The average molecular weight is 344 g/mol. The minimum Gasteiger partial charge on any atom is -0.368 e. The molecule has 1 heterocycles. The fourth-order valence-electron chi connectivity index (χ4n) is 3.46. The van der Waals surface area contributed by atoms with Gasteiger partial charge >= 0.3 is 0 Å². The Labute approximate surface area is 148 Å². The number of nitrogens with zero attached hydrogens (tertiary/aromatic N) is 5. The molecule has 136 valence electrons. The molecule has 8 heteroatoms. The van der Waals surface area contributed by atoms with Crippen molar-refractivity contribution < 1.29 is 0 Å². The predicted molar refractivity (Wildman–Crippen MR) is 102 cm³/mol. The van der Waals surface area contributed by atoms with E-state index in [9.17, 15) is 0 Å². The molecule has 0 bridgehead atoms. The third kappa shape index (κ3) is 5.95. The zero-order valence-electron chi connectivity index (χ0n) is 14.7. The summed E-state index contributed by atoms with van der Waals surface area (Å²) in [5.41, 5.74) is 11.4. The average Bonchev–Trinajstić information content (AvgIpc) is 2.63. The number of nitrogen functional groups attached to an aromatic ring is 1. The van der Waals surface area contributed by atoms with Gasteiger partial charge in [-0.3, -0.25) is 0 Å². The summed E-state index contributed by atoms with van der Waals surface area (Å²) in [5.74, 6) is 1.88. The molecule has 2 aliphatic carbocycles. The fraction of sp³-hybridized carbons (Fsp3) is 0.706. The second kappa shape index (κ2) is 9.29. The summed E-state index contributed by atoms with van der Waals surface area (Å²) in [6.45, 7) is 0. The summed E-state index contributed by atoms with van der Waals surface area (Å²) < 4.78 is 0. The van der Waals surface area contributed by atoms with Gasteiger partial charge in [0.2, 0.25) is 17.8 Å². The van der Waals surface area contributed by atoms with E-state index in [1.54, 1.807) is 0 Å². The van der Waals surface area contributed by atoms with Crippen LogP contribution in [0, 0.1) is 11.8 Å². The van der Waals surface area contributed by atoms with Crippen LogP contribution in [0.15, 0.2) is 10.2 Å². The Morgan fingerprint density at radius 2 is 1.16 bits per heavy atom. The Bertz CT molecular complexity index is 540. The minimum absolute atomic E-state index is 0.140. The first-order chi connectivity index (χ1) is 12.3. The van der Waals surface area contributed by atoms with Gasteiger partial charge in [-0.05, 0) is 37.5 Å². The lowest BCUT2D eigenvalue weighted by atomic mass is 9.90. The lowest BCUT2D eigenvalue weighted by Gasteiger charge is -2.16. The Morgan fingerprint density at radius 1 is 0.720 bits per heavy atom. The quantitative estimate of drug-likeness (QED) is 0.538. The first-order valence-corrected chi connectivity index (χ1v) is 9.39. The summed E-state index contributed by atoms with van der Waals surface area (Å²) in [6.07, 6.45) is 16.5. The smallest absolute Gasteiger partial charge is 0.250 e. The topological polar surface area (TPSA) is 113 Å². The van der Waals surface area contributed by atoms with Crippen molar-refractivity contribution in [1.82, 2.24) is 15.0 Å². The van der Waals surface area contributed by atoms with Crippen molar-refractivity contribution in [2.24, 2.45) is 22.0 Å². The molecule has 2 fully saturated rings. The molecule has 8 nitrogen and oxygen atoms in total. The molecule has 3 rings (SSSR count). The van der Waals surface area contributed by atoms with Crippen molar-refractivity contribution in [3.05, 3.63) is 0 Å². The van der Waals surface area contributed by atoms with E-state index in [0.29, 0.717) is 23.7 Å². The Balaban J connectivity index is 1.52. The zero-order chi connectivity index (χ0) is 17.3. The van der Waals surface area contributed by atoms with Crippen LogP contribution in [0.1, 0.15) is 64.2 Å². The molecule has 25 heavy (non-hydrogen) atoms. The highest BCUT2D eigenvalue weighted by Crippen LogP contribution is 2.22. The molecular formula is C17H28N8. The molecule has 4 N–H and O–H groups in total. The number of hydrogen-bond donors (Lipinski definition) is 3. The lowest BCUT2D eigenvalue weighted by molar-refractivity contribution is 0.445. The molecule has 1 aromatic heterocycles. The molecular weight excluding hydrogens is 316 g/mol. The second-order valence-electron chi connectivity index (χ2n) is 6.92. The van der Waals surface area contributed by atoms with Gasteiger partial charge < -0.3 is 5.73 Å². The molecule has 1 aromatic rings. The van der Waals surface area contributed by atoms with Crippen LogP contribution in [-0.4, -0.2) is 27.4 Å².